The van der Waals surface area contributed by atoms with Crippen LogP contribution >= 0.6 is 0 Å². The van der Waals surface area contributed by atoms with Crippen molar-refractivity contribution >= 4 is 0 Å². The van der Waals surface area contributed by atoms with Crippen LogP contribution in [0.15, 0.2) is 18.2 Å². The lowest BCUT2D eigenvalue weighted by Gasteiger charge is -2.15. The lowest BCUT2D eigenvalue weighted by Crippen LogP contribution is -2.17. The number of aryl methyl sites for hydroxylation is 2. The van der Waals surface area contributed by atoms with Gasteiger partial charge in [0.05, 0.1) is 0 Å². The molecule has 0 radical (unpaired) electrons. The van der Waals surface area contributed by atoms with E-state index in [1.54, 1.807) is 0 Å². The molecule has 0 atom stereocenters. The number of nitrogens with zero attached hydrogens (tertiary/aromatic N) is 1. The van der Waals surface area contributed by atoms with E-state index in [-0.39, 0.29) is 0 Å². The van der Waals surface area contributed by atoms with Crippen molar-refractivity contribution in [2.75, 3.05) is 13.6 Å². The monoisotopic (exact) mass is 207 g/mol. The van der Waals surface area contributed by atoms with Gasteiger partial charge in [0.15, 0.2) is 0 Å². The van der Waals surface area contributed by atoms with Crippen LogP contribution in [0.25, 0.3) is 0 Å². The molecule has 86 valence electrons. The molecule has 0 unspecified atom stereocenters. The predicted molar refractivity (Wildman–Crippen MR) is 69.3 cm³/mol. The topological polar surface area (TPSA) is 3.24 Å². The Bertz CT molecular complexity index is 279. The number of hydrogen-bond acceptors (Lipinski definition) is 1. The fourth-order valence-electron chi connectivity index (χ4n) is 1.43. The highest BCUT2D eigenvalue weighted by Gasteiger charge is 2.00. The molecule has 1 rings (SSSR count). The first kappa shape index (κ1) is 14.2. The average molecular weight is 207 g/mol. The molecule has 0 saturated heterocycles. The highest BCUT2D eigenvalue weighted by atomic mass is 15.1. The fraction of sp³-hybridized carbons (Fsp3) is 0.571. The summed E-state index contributed by atoms with van der Waals surface area (Å²) < 4.78 is 0. The summed E-state index contributed by atoms with van der Waals surface area (Å²) in [4.78, 5) is 2.32. The van der Waals surface area contributed by atoms with Gasteiger partial charge in [-0.1, -0.05) is 44.5 Å². The van der Waals surface area contributed by atoms with Crippen molar-refractivity contribution in [2.24, 2.45) is 0 Å². The third kappa shape index (κ3) is 4.98. The van der Waals surface area contributed by atoms with E-state index in [0.717, 1.165) is 13.1 Å². The van der Waals surface area contributed by atoms with Gasteiger partial charge in [0.1, 0.15) is 0 Å². The van der Waals surface area contributed by atoms with Gasteiger partial charge in [-0.2, -0.15) is 0 Å². The Morgan fingerprint density at radius 2 is 1.73 bits per heavy atom. The standard InChI is InChI=1S/C12H19N.C2H6/c1-5-13(4)9-12-7-6-10(2)8-11(12)3;1-2/h6-8H,5,9H2,1-4H3;1-2H3. The molecule has 1 heteroatoms. The Hall–Kier alpha value is -0.820. The van der Waals surface area contributed by atoms with Crippen molar-refractivity contribution < 1.29 is 0 Å². The maximum Gasteiger partial charge on any atom is 0.0233 e. The Morgan fingerprint density at radius 3 is 2.20 bits per heavy atom. The quantitative estimate of drug-likeness (QED) is 0.729. The van der Waals surface area contributed by atoms with Crippen LogP contribution in [0.1, 0.15) is 37.5 Å². The molecule has 0 heterocycles. The SMILES string of the molecule is CC.CCN(C)Cc1ccc(C)cc1C. The summed E-state index contributed by atoms with van der Waals surface area (Å²) >= 11 is 0. The van der Waals surface area contributed by atoms with Crippen LogP contribution < -0.4 is 0 Å². The van der Waals surface area contributed by atoms with E-state index in [1.165, 1.54) is 16.7 Å². The van der Waals surface area contributed by atoms with Crippen LogP contribution in [0.2, 0.25) is 0 Å². The van der Waals surface area contributed by atoms with Gasteiger partial charge in [0.25, 0.3) is 0 Å². The highest BCUT2D eigenvalue weighted by Crippen LogP contribution is 2.11. The molecule has 0 aliphatic carbocycles. The third-order valence-electron chi connectivity index (χ3n) is 2.48. The molecule has 1 aromatic carbocycles. The normalized spacial score (nSPS) is 9.80. The van der Waals surface area contributed by atoms with Crippen molar-refractivity contribution in [1.29, 1.82) is 0 Å². The first-order chi connectivity index (χ1) is 7.13. The molecule has 15 heavy (non-hydrogen) atoms. The second-order valence-corrected chi connectivity index (χ2v) is 3.76. The Labute approximate surface area is 95.1 Å². The van der Waals surface area contributed by atoms with Crippen molar-refractivity contribution in [3.63, 3.8) is 0 Å². The van der Waals surface area contributed by atoms with Crippen molar-refractivity contribution in [3.8, 4) is 0 Å². The van der Waals surface area contributed by atoms with Crippen LogP contribution in [0.4, 0.5) is 0 Å². The molecule has 0 saturated carbocycles. The van der Waals surface area contributed by atoms with Crippen LogP contribution in [0, 0.1) is 13.8 Å². The smallest absolute Gasteiger partial charge is 0.0233 e. The van der Waals surface area contributed by atoms with Crippen molar-refractivity contribution in [3.05, 3.63) is 34.9 Å². The lowest BCUT2D eigenvalue weighted by molar-refractivity contribution is 0.345. The lowest BCUT2D eigenvalue weighted by atomic mass is 10.1. The Kier molecular flexibility index (Phi) is 7.06. The summed E-state index contributed by atoms with van der Waals surface area (Å²) in [5, 5.41) is 0. The fourth-order valence-corrected chi connectivity index (χ4v) is 1.43. The highest BCUT2D eigenvalue weighted by molar-refractivity contribution is 5.30. The molecule has 1 aromatic rings. The van der Waals surface area contributed by atoms with E-state index in [9.17, 15) is 0 Å². The summed E-state index contributed by atoms with van der Waals surface area (Å²) in [5.74, 6) is 0. The van der Waals surface area contributed by atoms with E-state index < -0.39 is 0 Å². The van der Waals surface area contributed by atoms with Gasteiger partial charge in [-0.25, -0.2) is 0 Å². The minimum absolute atomic E-state index is 1.06. The maximum absolute atomic E-state index is 2.32. The molecular formula is C14H25N. The summed E-state index contributed by atoms with van der Waals surface area (Å²) in [7, 11) is 2.15. The molecule has 0 aromatic heterocycles. The molecule has 0 fully saturated rings. The van der Waals surface area contributed by atoms with Crippen LogP contribution in [-0.4, -0.2) is 18.5 Å². The van der Waals surface area contributed by atoms with Crippen LogP contribution in [-0.2, 0) is 6.54 Å². The summed E-state index contributed by atoms with van der Waals surface area (Å²) in [5.41, 5.74) is 4.19. The largest absolute Gasteiger partial charge is 0.302 e. The van der Waals surface area contributed by atoms with Gasteiger partial charge in [-0.15, -0.1) is 0 Å². The summed E-state index contributed by atoms with van der Waals surface area (Å²) in [6.45, 7) is 12.7. The predicted octanol–water partition coefficient (Wildman–Crippen LogP) is 3.78. The molecule has 0 N–H and O–H groups in total. The van der Waals surface area contributed by atoms with Gasteiger partial charge in [0, 0.05) is 6.54 Å². The Morgan fingerprint density at radius 1 is 1.13 bits per heavy atom. The van der Waals surface area contributed by atoms with Gasteiger partial charge in [-0.3, -0.25) is 0 Å². The molecular weight excluding hydrogens is 182 g/mol. The molecule has 0 spiro atoms. The number of benzene rings is 1. The molecule has 0 aliphatic heterocycles. The molecule has 0 aliphatic rings. The van der Waals surface area contributed by atoms with Gasteiger partial charge in [-0.05, 0) is 38.6 Å². The van der Waals surface area contributed by atoms with E-state index in [2.05, 4.69) is 50.9 Å². The minimum atomic E-state index is 1.06. The third-order valence-corrected chi connectivity index (χ3v) is 2.48. The number of hydrogen-bond donors (Lipinski definition) is 0. The second-order valence-electron chi connectivity index (χ2n) is 3.76. The molecule has 0 amide bonds. The van der Waals surface area contributed by atoms with E-state index >= 15 is 0 Å². The zero-order valence-electron chi connectivity index (χ0n) is 11.1. The van der Waals surface area contributed by atoms with Gasteiger partial charge in [0.2, 0.25) is 0 Å². The van der Waals surface area contributed by atoms with E-state index in [0.29, 0.717) is 0 Å². The average Bonchev–Trinajstić information content (AvgIpc) is 2.25. The van der Waals surface area contributed by atoms with Gasteiger partial charge < -0.3 is 4.90 Å². The first-order valence-corrected chi connectivity index (χ1v) is 5.88. The molecule has 0 bridgehead atoms. The summed E-state index contributed by atoms with van der Waals surface area (Å²) in [6, 6.07) is 6.67. The van der Waals surface area contributed by atoms with Crippen molar-refractivity contribution in [1.82, 2.24) is 4.90 Å². The van der Waals surface area contributed by atoms with Crippen molar-refractivity contribution in [2.45, 2.75) is 41.2 Å². The maximum atomic E-state index is 2.32. The first-order valence-electron chi connectivity index (χ1n) is 5.88. The van der Waals surface area contributed by atoms with E-state index in [4.69, 9.17) is 0 Å². The van der Waals surface area contributed by atoms with Crippen LogP contribution in [0.3, 0.4) is 0 Å². The van der Waals surface area contributed by atoms with E-state index in [1.807, 2.05) is 13.8 Å². The Balaban J connectivity index is 0.000000921. The zero-order chi connectivity index (χ0) is 11.8. The number of rotatable bonds is 3. The second kappa shape index (κ2) is 7.47. The van der Waals surface area contributed by atoms with Gasteiger partial charge >= 0.3 is 0 Å². The van der Waals surface area contributed by atoms with Crippen LogP contribution in [0.5, 0.6) is 0 Å². The zero-order valence-corrected chi connectivity index (χ0v) is 11.1. The molecule has 1 nitrogen and oxygen atoms in total. The minimum Gasteiger partial charge on any atom is -0.302 e. The summed E-state index contributed by atoms with van der Waals surface area (Å²) in [6.07, 6.45) is 0.